The van der Waals surface area contributed by atoms with Crippen molar-refractivity contribution in [3.05, 3.63) is 41.7 Å². The molecule has 1 aliphatic carbocycles. The highest BCUT2D eigenvalue weighted by Crippen LogP contribution is 2.38. The Bertz CT molecular complexity index is 849. The number of aromatic amines is 1. The third kappa shape index (κ3) is 2.69. The lowest BCUT2D eigenvalue weighted by Gasteiger charge is -2.14. The maximum Gasteiger partial charge on any atom is 0.274 e. The lowest BCUT2D eigenvalue weighted by Crippen LogP contribution is -2.29. The molecular weight excluding hydrogens is 294 g/mol. The van der Waals surface area contributed by atoms with Crippen LogP contribution in [0.4, 0.5) is 0 Å². The summed E-state index contributed by atoms with van der Waals surface area (Å²) in [4.78, 5) is 18.6. The van der Waals surface area contributed by atoms with Gasteiger partial charge in [0, 0.05) is 31.3 Å². The Morgan fingerprint density at radius 2 is 2.22 bits per heavy atom. The zero-order chi connectivity index (χ0) is 15.8. The molecule has 1 aromatic carbocycles. The molecule has 118 valence electrons. The number of nitrogens with one attached hydrogen (secondary N) is 1. The maximum atomic E-state index is 12.5. The van der Waals surface area contributed by atoms with Gasteiger partial charge in [-0.15, -0.1) is 0 Å². The third-order valence-electron chi connectivity index (χ3n) is 4.10. The van der Waals surface area contributed by atoms with Gasteiger partial charge in [0.05, 0.1) is 5.52 Å². The molecule has 2 aromatic heterocycles. The number of aromatic nitrogens is 4. The Hall–Kier alpha value is -2.70. The lowest BCUT2D eigenvalue weighted by molar-refractivity contribution is 0.0792. The van der Waals surface area contributed by atoms with E-state index in [-0.39, 0.29) is 5.91 Å². The number of nitrogens with zero attached hydrogens (tertiary/aromatic N) is 4. The van der Waals surface area contributed by atoms with Crippen molar-refractivity contribution >= 4 is 16.8 Å². The summed E-state index contributed by atoms with van der Waals surface area (Å²) in [6.07, 6.45) is 2.83. The number of benzene rings is 1. The van der Waals surface area contributed by atoms with Crippen LogP contribution < -0.4 is 0 Å². The Labute approximate surface area is 132 Å². The molecule has 0 saturated heterocycles. The summed E-state index contributed by atoms with van der Waals surface area (Å²) in [5.41, 5.74) is 1.30. The van der Waals surface area contributed by atoms with Crippen molar-refractivity contribution in [1.29, 1.82) is 0 Å². The number of para-hydroxylation sites is 1. The molecule has 0 spiro atoms. The van der Waals surface area contributed by atoms with Crippen molar-refractivity contribution in [1.82, 2.24) is 25.2 Å². The van der Waals surface area contributed by atoms with Crippen molar-refractivity contribution < 1.29 is 9.32 Å². The van der Waals surface area contributed by atoms with Crippen molar-refractivity contribution in [2.24, 2.45) is 0 Å². The van der Waals surface area contributed by atoms with Gasteiger partial charge in [0.1, 0.15) is 0 Å². The monoisotopic (exact) mass is 311 g/mol. The fraction of sp³-hybridized carbons (Fsp3) is 0.375. The van der Waals surface area contributed by atoms with Crippen LogP contribution in [0, 0.1) is 0 Å². The molecule has 1 fully saturated rings. The van der Waals surface area contributed by atoms with Gasteiger partial charge in [0.15, 0.2) is 11.5 Å². The molecule has 1 saturated carbocycles. The minimum atomic E-state index is -0.117. The highest BCUT2D eigenvalue weighted by atomic mass is 16.5. The van der Waals surface area contributed by atoms with Crippen LogP contribution in [-0.2, 0) is 6.42 Å². The first-order chi connectivity index (χ1) is 11.2. The Kier molecular flexibility index (Phi) is 3.33. The number of likely N-dealkylation sites (N-methyl/N-ethyl adjacent to an activating group) is 1. The van der Waals surface area contributed by atoms with Gasteiger partial charge < -0.3 is 9.42 Å². The predicted molar refractivity (Wildman–Crippen MR) is 83.0 cm³/mol. The van der Waals surface area contributed by atoms with E-state index < -0.39 is 0 Å². The van der Waals surface area contributed by atoms with Crippen molar-refractivity contribution in [2.45, 2.75) is 25.2 Å². The van der Waals surface area contributed by atoms with Crippen LogP contribution >= 0.6 is 0 Å². The zero-order valence-electron chi connectivity index (χ0n) is 12.8. The predicted octanol–water partition coefficient (Wildman–Crippen LogP) is 2.14. The summed E-state index contributed by atoms with van der Waals surface area (Å²) < 4.78 is 5.23. The van der Waals surface area contributed by atoms with E-state index in [1.807, 2.05) is 24.3 Å². The van der Waals surface area contributed by atoms with E-state index in [1.54, 1.807) is 11.9 Å². The summed E-state index contributed by atoms with van der Waals surface area (Å²) >= 11 is 0. The maximum absolute atomic E-state index is 12.5. The fourth-order valence-corrected chi connectivity index (χ4v) is 2.54. The van der Waals surface area contributed by atoms with Gasteiger partial charge >= 0.3 is 0 Å². The lowest BCUT2D eigenvalue weighted by atomic mass is 10.2. The quantitative estimate of drug-likeness (QED) is 0.780. The first-order valence-electron chi connectivity index (χ1n) is 7.73. The molecule has 7 heteroatoms. The van der Waals surface area contributed by atoms with Gasteiger partial charge in [-0.2, -0.15) is 10.1 Å². The van der Waals surface area contributed by atoms with Crippen LogP contribution in [0.15, 0.2) is 28.8 Å². The number of carbonyl (C=O) groups excluding carboxylic acids is 1. The van der Waals surface area contributed by atoms with E-state index in [9.17, 15) is 4.79 Å². The van der Waals surface area contributed by atoms with Crippen LogP contribution in [0.2, 0.25) is 0 Å². The van der Waals surface area contributed by atoms with E-state index in [0.717, 1.165) is 29.6 Å². The number of H-pyrrole nitrogens is 1. The van der Waals surface area contributed by atoms with E-state index in [1.165, 1.54) is 0 Å². The Morgan fingerprint density at radius 1 is 1.39 bits per heavy atom. The highest BCUT2D eigenvalue weighted by molar-refractivity contribution is 6.04. The van der Waals surface area contributed by atoms with E-state index >= 15 is 0 Å². The number of hydrogen-bond acceptors (Lipinski definition) is 5. The third-order valence-corrected chi connectivity index (χ3v) is 4.10. The van der Waals surface area contributed by atoms with Crippen LogP contribution in [0.1, 0.15) is 41.0 Å². The van der Waals surface area contributed by atoms with Gasteiger partial charge in [-0.3, -0.25) is 9.89 Å². The van der Waals surface area contributed by atoms with Gasteiger partial charge in [-0.05, 0) is 18.9 Å². The number of fused-ring (bicyclic) bond motifs is 1. The topological polar surface area (TPSA) is 87.9 Å². The van der Waals surface area contributed by atoms with Crippen LogP contribution in [0.5, 0.6) is 0 Å². The SMILES string of the molecule is CN(CCc1noc(C2CC2)n1)C(=O)c1n[nH]c2ccccc12. The average molecular weight is 311 g/mol. The van der Waals surface area contributed by atoms with Crippen molar-refractivity contribution in [2.75, 3.05) is 13.6 Å². The first kappa shape index (κ1) is 13.9. The summed E-state index contributed by atoms with van der Waals surface area (Å²) in [5.74, 6) is 1.71. The van der Waals surface area contributed by atoms with Gasteiger partial charge in [0.25, 0.3) is 5.91 Å². The number of amides is 1. The second-order valence-electron chi connectivity index (χ2n) is 5.92. The number of hydrogen-bond donors (Lipinski definition) is 1. The molecule has 0 bridgehead atoms. The van der Waals surface area contributed by atoms with Crippen LogP contribution in [0.25, 0.3) is 10.9 Å². The molecule has 0 atom stereocenters. The second-order valence-corrected chi connectivity index (χ2v) is 5.92. The van der Waals surface area contributed by atoms with E-state index in [0.29, 0.717) is 30.4 Å². The Balaban J connectivity index is 1.43. The van der Waals surface area contributed by atoms with Gasteiger partial charge in [0.2, 0.25) is 5.89 Å². The molecule has 7 nitrogen and oxygen atoms in total. The summed E-state index contributed by atoms with van der Waals surface area (Å²) in [6, 6.07) is 7.60. The van der Waals surface area contributed by atoms with Gasteiger partial charge in [-0.25, -0.2) is 0 Å². The van der Waals surface area contributed by atoms with E-state index in [4.69, 9.17) is 4.52 Å². The van der Waals surface area contributed by atoms with Crippen molar-refractivity contribution in [3.63, 3.8) is 0 Å². The smallest absolute Gasteiger partial charge is 0.274 e. The van der Waals surface area contributed by atoms with E-state index in [2.05, 4.69) is 20.3 Å². The largest absolute Gasteiger partial charge is 0.340 e. The molecule has 0 radical (unpaired) electrons. The average Bonchev–Trinajstić information content (AvgIpc) is 3.17. The fourth-order valence-electron chi connectivity index (χ4n) is 2.54. The number of carbonyl (C=O) groups is 1. The molecule has 1 amide bonds. The first-order valence-corrected chi connectivity index (χ1v) is 7.73. The van der Waals surface area contributed by atoms with Gasteiger partial charge in [-0.1, -0.05) is 23.4 Å². The summed E-state index contributed by atoms with van der Waals surface area (Å²) in [5, 5.41) is 11.8. The molecular formula is C16H17N5O2. The molecule has 1 aliphatic rings. The second kappa shape index (κ2) is 5.49. The summed E-state index contributed by atoms with van der Waals surface area (Å²) in [6.45, 7) is 0.518. The molecule has 1 N–H and O–H groups in total. The molecule has 4 rings (SSSR count). The zero-order valence-corrected chi connectivity index (χ0v) is 12.8. The summed E-state index contributed by atoms with van der Waals surface area (Å²) in [7, 11) is 1.76. The minimum absolute atomic E-state index is 0.117. The molecule has 23 heavy (non-hydrogen) atoms. The minimum Gasteiger partial charge on any atom is -0.340 e. The highest BCUT2D eigenvalue weighted by Gasteiger charge is 2.29. The van der Waals surface area contributed by atoms with Crippen molar-refractivity contribution in [3.8, 4) is 0 Å². The number of rotatable bonds is 5. The molecule has 0 aliphatic heterocycles. The normalized spacial score (nSPS) is 14.3. The standard InChI is InChI=1S/C16H17N5O2/c1-21(9-8-13-17-15(23-20-13)10-6-7-10)16(22)14-11-4-2-3-5-12(11)18-19-14/h2-5,10H,6-9H2,1H3,(H,18,19). The molecule has 0 unspecified atom stereocenters. The Morgan fingerprint density at radius 3 is 3.04 bits per heavy atom. The molecule has 2 heterocycles. The van der Waals surface area contributed by atoms with Crippen LogP contribution in [-0.4, -0.2) is 44.7 Å². The molecule has 3 aromatic rings. The van der Waals surface area contributed by atoms with Crippen LogP contribution in [0.3, 0.4) is 0 Å².